The molecule has 0 aliphatic rings. The summed E-state index contributed by atoms with van der Waals surface area (Å²) in [6, 6.07) is 1.74. The zero-order chi connectivity index (χ0) is 10.4. The number of hydrogen-bond donors (Lipinski definition) is 2. The highest BCUT2D eigenvalue weighted by Crippen LogP contribution is 2.08. The Hall–Kier alpha value is -0.360. The Kier molecular flexibility index (Phi) is 11.1. The monoisotopic (exact) mass is 329 g/mol. The van der Waals surface area contributed by atoms with E-state index in [9.17, 15) is 4.79 Å². The summed E-state index contributed by atoms with van der Waals surface area (Å²) < 4.78 is 0.804. The first-order valence-corrected chi connectivity index (χ1v) is 5.06. The summed E-state index contributed by atoms with van der Waals surface area (Å²) >= 11 is 3.26. The van der Waals surface area contributed by atoms with Gasteiger partial charge in [0.15, 0.2) is 0 Å². The van der Waals surface area contributed by atoms with Gasteiger partial charge in [0.1, 0.15) is 0 Å². The molecule has 0 saturated heterocycles. The number of carbonyl (C=O) groups is 1. The Morgan fingerprint density at radius 2 is 2.06 bits per heavy atom. The molecule has 0 unspecified atom stereocenters. The molecule has 1 rings (SSSR count). The molecule has 0 aromatic carbocycles. The van der Waals surface area contributed by atoms with E-state index in [-0.39, 0.29) is 30.7 Å². The molecule has 0 saturated carbocycles. The van der Waals surface area contributed by atoms with Crippen molar-refractivity contribution >= 4 is 46.7 Å². The van der Waals surface area contributed by atoms with Crippen LogP contribution in [-0.2, 0) is 0 Å². The van der Waals surface area contributed by atoms with E-state index in [1.165, 1.54) is 0 Å². The fourth-order valence-corrected chi connectivity index (χ4v) is 1.30. The van der Waals surface area contributed by atoms with Crippen molar-refractivity contribution in [2.45, 2.75) is 0 Å². The van der Waals surface area contributed by atoms with Gasteiger partial charge in [0.05, 0.1) is 5.56 Å². The summed E-state index contributed by atoms with van der Waals surface area (Å²) in [7, 11) is 1.84. The van der Waals surface area contributed by atoms with Crippen molar-refractivity contribution in [3.05, 3.63) is 28.5 Å². The third kappa shape index (κ3) is 6.27. The van der Waals surface area contributed by atoms with Crippen LogP contribution in [0.1, 0.15) is 10.4 Å². The van der Waals surface area contributed by atoms with Crippen molar-refractivity contribution in [1.29, 1.82) is 0 Å². The Balaban J connectivity index is 0. The van der Waals surface area contributed by atoms with Crippen LogP contribution in [0.2, 0.25) is 0 Å². The second kappa shape index (κ2) is 9.84. The number of aromatic nitrogens is 1. The maximum atomic E-state index is 11.5. The van der Waals surface area contributed by atoms with Gasteiger partial charge in [-0.3, -0.25) is 9.78 Å². The van der Waals surface area contributed by atoms with Crippen molar-refractivity contribution < 1.29 is 4.79 Å². The molecular formula is C9H14BrCl2N3O. The Labute approximate surface area is 116 Å². The van der Waals surface area contributed by atoms with Crippen LogP contribution in [0.5, 0.6) is 0 Å². The highest BCUT2D eigenvalue weighted by atomic mass is 79.9. The summed E-state index contributed by atoms with van der Waals surface area (Å²) in [5.74, 6) is -0.103. The second-order valence-corrected chi connectivity index (χ2v) is 3.67. The fraction of sp³-hybridized carbons (Fsp3) is 0.333. The van der Waals surface area contributed by atoms with Gasteiger partial charge in [-0.25, -0.2) is 0 Å². The van der Waals surface area contributed by atoms with Crippen LogP contribution in [-0.4, -0.2) is 31.0 Å². The van der Waals surface area contributed by atoms with E-state index in [4.69, 9.17) is 0 Å². The zero-order valence-electron chi connectivity index (χ0n) is 8.70. The molecule has 7 heteroatoms. The first-order valence-electron chi connectivity index (χ1n) is 4.27. The Bertz CT molecular complexity index is 325. The van der Waals surface area contributed by atoms with Gasteiger partial charge in [0.25, 0.3) is 5.91 Å². The van der Waals surface area contributed by atoms with E-state index in [0.29, 0.717) is 12.1 Å². The first kappa shape index (κ1) is 18.0. The van der Waals surface area contributed by atoms with Crippen molar-refractivity contribution in [3.8, 4) is 0 Å². The summed E-state index contributed by atoms with van der Waals surface area (Å²) in [6.07, 6.45) is 3.18. The third-order valence-corrected chi connectivity index (χ3v) is 2.06. The van der Waals surface area contributed by atoms with E-state index in [2.05, 4.69) is 31.5 Å². The fourth-order valence-electron chi connectivity index (χ4n) is 0.939. The lowest BCUT2D eigenvalue weighted by atomic mass is 10.3. The SMILES string of the molecule is CNCCNC(=O)c1cncc(Br)c1.Cl.Cl. The van der Waals surface area contributed by atoms with Gasteiger partial charge in [-0.2, -0.15) is 0 Å². The summed E-state index contributed by atoms with van der Waals surface area (Å²) in [5.41, 5.74) is 0.565. The number of carbonyl (C=O) groups excluding carboxylic acids is 1. The molecule has 2 N–H and O–H groups in total. The highest BCUT2D eigenvalue weighted by molar-refractivity contribution is 9.10. The molecule has 1 aromatic rings. The van der Waals surface area contributed by atoms with E-state index in [1.807, 2.05) is 7.05 Å². The quantitative estimate of drug-likeness (QED) is 0.825. The average molecular weight is 331 g/mol. The number of likely N-dealkylation sites (N-methyl/N-ethyl adjacent to an activating group) is 1. The van der Waals surface area contributed by atoms with Gasteiger partial charge in [0, 0.05) is 30.0 Å². The normalized spacial score (nSPS) is 8.62. The largest absolute Gasteiger partial charge is 0.351 e. The standard InChI is InChI=1S/C9H12BrN3O.2ClH/c1-11-2-3-13-9(14)7-4-8(10)6-12-5-7;;/h4-6,11H,2-3H2,1H3,(H,13,14);2*1H. The number of rotatable bonds is 4. The number of halogens is 3. The molecule has 1 heterocycles. The Morgan fingerprint density at radius 3 is 2.62 bits per heavy atom. The molecule has 92 valence electrons. The zero-order valence-corrected chi connectivity index (χ0v) is 11.9. The third-order valence-electron chi connectivity index (χ3n) is 1.63. The topological polar surface area (TPSA) is 54.0 Å². The number of nitrogens with one attached hydrogen (secondary N) is 2. The second-order valence-electron chi connectivity index (χ2n) is 2.75. The maximum absolute atomic E-state index is 11.5. The minimum atomic E-state index is -0.103. The number of hydrogen-bond acceptors (Lipinski definition) is 3. The van der Waals surface area contributed by atoms with Gasteiger partial charge in [-0.1, -0.05) is 0 Å². The van der Waals surface area contributed by atoms with Crippen LogP contribution in [0.4, 0.5) is 0 Å². The average Bonchev–Trinajstić information content (AvgIpc) is 2.18. The number of amides is 1. The van der Waals surface area contributed by atoms with E-state index in [0.717, 1.165) is 11.0 Å². The summed E-state index contributed by atoms with van der Waals surface area (Å²) in [6.45, 7) is 1.37. The van der Waals surface area contributed by atoms with Gasteiger partial charge in [-0.15, -0.1) is 24.8 Å². The lowest BCUT2D eigenvalue weighted by molar-refractivity contribution is 0.0953. The van der Waals surface area contributed by atoms with Crippen LogP contribution >= 0.6 is 40.7 Å². The molecule has 0 atom stereocenters. The van der Waals surface area contributed by atoms with Crippen LogP contribution in [0, 0.1) is 0 Å². The van der Waals surface area contributed by atoms with Crippen molar-refractivity contribution in [2.75, 3.05) is 20.1 Å². The first-order chi connectivity index (χ1) is 6.74. The van der Waals surface area contributed by atoms with Crippen molar-refractivity contribution in [2.24, 2.45) is 0 Å². The van der Waals surface area contributed by atoms with Crippen LogP contribution in [0.3, 0.4) is 0 Å². The molecule has 16 heavy (non-hydrogen) atoms. The molecular weight excluding hydrogens is 317 g/mol. The summed E-state index contributed by atoms with van der Waals surface area (Å²) in [4.78, 5) is 15.4. The smallest absolute Gasteiger partial charge is 0.252 e. The van der Waals surface area contributed by atoms with Crippen LogP contribution in [0.25, 0.3) is 0 Å². The minimum Gasteiger partial charge on any atom is -0.351 e. The van der Waals surface area contributed by atoms with Crippen LogP contribution in [0.15, 0.2) is 22.9 Å². The molecule has 0 bridgehead atoms. The maximum Gasteiger partial charge on any atom is 0.252 e. The van der Waals surface area contributed by atoms with Crippen molar-refractivity contribution in [1.82, 2.24) is 15.6 Å². The Morgan fingerprint density at radius 1 is 1.38 bits per heavy atom. The summed E-state index contributed by atoms with van der Waals surface area (Å²) in [5, 5.41) is 5.71. The van der Waals surface area contributed by atoms with Crippen LogP contribution < -0.4 is 10.6 Å². The van der Waals surface area contributed by atoms with Gasteiger partial charge in [0.2, 0.25) is 0 Å². The molecule has 1 aromatic heterocycles. The molecule has 0 radical (unpaired) electrons. The predicted molar refractivity (Wildman–Crippen MR) is 72.7 cm³/mol. The lowest BCUT2D eigenvalue weighted by Crippen LogP contribution is -2.30. The highest BCUT2D eigenvalue weighted by Gasteiger charge is 2.04. The lowest BCUT2D eigenvalue weighted by Gasteiger charge is -2.04. The van der Waals surface area contributed by atoms with Gasteiger partial charge < -0.3 is 10.6 Å². The molecule has 0 aliphatic heterocycles. The van der Waals surface area contributed by atoms with Crippen molar-refractivity contribution in [3.63, 3.8) is 0 Å². The van der Waals surface area contributed by atoms with E-state index in [1.54, 1.807) is 18.5 Å². The van der Waals surface area contributed by atoms with E-state index < -0.39 is 0 Å². The van der Waals surface area contributed by atoms with E-state index >= 15 is 0 Å². The molecule has 0 aliphatic carbocycles. The molecule has 0 fully saturated rings. The molecule has 1 amide bonds. The number of pyridine rings is 1. The number of nitrogens with zero attached hydrogens (tertiary/aromatic N) is 1. The molecule has 4 nitrogen and oxygen atoms in total. The minimum absolute atomic E-state index is 0. The van der Waals surface area contributed by atoms with Gasteiger partial charge in [-0.05, 0) is 29.0 Å². The molecule has 0 spiro atoms. The van der Waals surface area contributed by atoms with Gasteiger partial charge >= 0.3 is 0 Å². The predicted octanol–water partition coefficient (Wildman–Crippen LogP) is 1.64.